The van der Waals surface area contributed by atoms with Crippen LogP contribution in [0.1, 0.15) is 5.56 Å². The molecule has 3 heteroatoms. The van der Waals surface area contributed by atoms with E-state index in [2.05, 4.69) is 5.32 Å². The molecule has 2 aromatic carbocycles. The fourth-order valence-corrected chi connectivity index (χ4v) is 1.60. The minimum absolute atomic E-state index is 0.756. The maximum Gasteiger partial charge on any atom is 0.119 e. The Balaban J connectivity index is 2.22. The molecule has 0 heterocycles. The molecule has 2 rings (SSSR count). The van der Waals surface area contributed by atoms with Crippen molar-refractivity contribution in [3.63, 3.8) is 0 Å². The standard InChI is InChI=1S/C14H16N2O/c1-10-3-4-11(15)9-14(10)16-12-5-7-13(17-2)8-6-12/h3-9,16H,15H2,1-2H3. The van der Waals surface area contributed by atoms with Gasteiger partial charge >= 0.3 is 0 Å². The molecule has 0 saturated heterocycles. The number of nitrogens with two attached hydrogens (primary N) is 1. The van der Waals surface area contributed by atoms with E-state index in [4.69, 9.17) is 10.5 Å². The van der Waals surface area contributed by atoms with Crippen molar-refractivity contribution >= 4 is 17.1 Å². The molecule has 0 aliphatic heterocycles. The Morgan fingerprint density at radius 1 is 1.06 bits per heavy atom. The summed E-state index contributed by atoms with van der Waals surface area (Å²) in [6.07, 6.45) is 0. The molecule has 0 amide bonds. The molecule has 3 N–H and O–H groups in total. The third-order valence-electron chi connectivity index (χ3n) is 2.63. The van der Waals surface area contributed by atoms with Gasteiger partial charge in [0.15, 0.2) is 0 Å². The van der Waals surface area contributed by atoms with Crippen LogP contribution >= 0.6 is 0 Å². The van der Waals surface area contributed by atoms with Crippen LogP contribution in [-0.4, -0.2) is 7.11 Å². The van der Waals surface area contributed by atoms with Gasteiger partial charge in [-0.15, -0.1) is 0 Å². The van der Waals surface area contributed by atoms with Gasteiger partial charge in [0.25, 0.3) is 0 Å². The number of ether oxygens (including phenoxy) is 1. The Morgan fingerprint density at radius 2 is 1.76 bits per heavy atom. The highest BCUT2D eigenvalue weighted by atomic mass is 16.5. The summed E-state index contributed by atoms with van der Waals surface area (Å²) in [5.41, 5.74) is 9.72. The van der Waals surface area contributed by atoms with Crippen LogP contribution in [0.5, 0.6) is 5.75 Å². The van der Waals surface area contributed by atoms with Crippen molar-refractivity contribution in [1.29, 1.82) is 0 Å². The van der Waals surface area contributed by atoms with Gasteiger partial charge in [0.2, 0.25) is 0 Å². The van der Waals surface area contributed by atoms with Crippen molar-refractivity contribution < 1.29 is 4.74 Å². The maximum atomic E-state index is 5.77. The first kappa shape index (κ1) is 11.3. The van der Waals surface area contributed by atoms with E-state index in [9.17, 15) is 0 Å². The van der Waals surface area contributed by atoms with E-state index in [1.807, 2.05) is 49.4 Å². The van der Waals surface area contributed by atoms with Crippen molar-refractivity contribution in [2.45, 2.75) is 6.92 Å². The number of nitrogens with one attached hydrogen (secondary N) is 1. The average molecular weight is 228 g/mol. The Morgan fingerprint density at radius 3 is 2.41 bits per heavy atom. The van der Waals surface area contributed by atoms with Gasteiger partial charge in [0.1, 0.15) is 5.75 Å². The quantitative estimate of drug-likeness (QED) is 0.792. The second-order valence-electron chi connectivity index (χ2n) is 3.93. The number of hydrogen-bond donors (Lipinski definition) is 2. The van der Waals surface area contributed by atoms with Crippen molar-refractivity contribution in [3.05, 3.63) is 48.0 Å². The SMILES string of the molecule is COc1ccc(Nc2cc(N)ccc2C)cc1. The summed E-state index contributed by atoms with van der Waals surface area (Å²) >= 11 is 0. The Labute approximate surface area is 101 Å². The Hall–Kier alpha value is -2.16. The van der Waals surface area contributed by atoms with Crippen molar-refractivity contribution in [1.82, 2.24) is 0 Å². The summed E-state index contributed by atoms with van der Waals surface area (Å²) in [5.74, 6) is 0.847. The lowest BCUT2D eigenvalue weighted by Gasteiger charge is -2.10. The average Bonchev–Trinajstić information content (AvgIpc) is 2.35. The summed E-state index contributed by atoms with van der Waals surface area (Å²) < 4.78 is 5.11. The van der Waals surface area contributed by atoms with E-state index in [1.165, 1.54) is 0 Å². The monoisotopic (exact) mass is 228 g/mol. The Bertz CT molecular complexity index is 506. The molecule has 2 aromatic rings. The largest absolute Gasteiger partial charge is 0.497 e. The van der Waals surface area contributed by atoms with Crippen molar-refractivity contribution in [2.75, 3.05) is 18.2 Å². The van der Waals surface area contributed by atoms with Crippen LogP contribution < -0.4 is 15.8 Å². The molecule has 17 heavy (non-hydrogen) atoms. The lowest BCUT2D eigenvalue weighted by atomic mass is 10.1. The third-order valence-corrected chi connectivity index (χ3v) is 2.63. The van der Waals surface area contributed by atoms with Gasteiger partial charge in [0.05, 0.1) is 7.11 Å². The van der Waals surface area contributed by atoms with E-state index in [-0.39, 0.29) is 0 Å². The molecule has 0 unspecified atom stereocenters. The number of rotatable bonds is 3. The lowest BCUT2D eigenvalue weighted by Crippen LogP contribution is -1.95. The van der Waals surface area contributed by atoms with E-state index in [0.717, 1.165) is 28.4 Å². The molecule has 88 valence electrons. The highest BCUT2D eigenvalue weighted by Crippen LogP contribution is 2.24. The van der Waals surface area contributed by atoms with Crippen molar-refractivity contribution in [3.8, 4) is 5.75 Å². The summed E-state index contributed by atoms with van der Waals surface area (Å²) in [7, 11) is 1.66. The van der Waals surface area contributed by atoms with E-state index < -0.39 is 0 Å². The number of benzene rings is 2. The van der Waals surface area contributed by atoms with E-state index >= 15 is 0 Å². The zero-order chi connectivity index (χ0) is 12.3. The Kier molecular flexibility index (Phi) is 3.19. The van der Waals surface area contributed by atoms with Crippen molar-refractivity contribution in [2.24, 2.45) is 0 Å². The molecule has 0 spiro atoms. The van der Waals surface area contributed by atoms with E-state index in [1.54, 1.807) is 7.11 Å². The summed E-state index contributed by atoms with van der Waals surface area (Å²) in [5, 5.41) is 3.33. The first-order chi connectivity index (χ1) is 8.19. The zero-order valence-corrected chi connectivity index (χ0v) is 10.0. The predicted molar refractivity (Wildman–Crippen MR) is 71.9 cm³/mol. The van der Waals surface area contributed by atoms with Gasteiger partial charge in [-0.3, -0.25) is 0 Å². The molecule has 0 fully saturated rings. The minimum atomic E-state index is 0.756. The number of hydrogen-bond acceptors (Lipinski definition) is 3. The minimum Gasteiger partial charge on any atom is -0.497 e. The van der Waals surface area contributed by atoms with Gasteiger partial charge in [-0.2, -0.15) is 0 Å². The molecule has 0 aliphatic carbocycles. The predicted octanol–water partition coefficient (Wildman–Crippen LogP) is 3.33. The number of anilines is 3. The first-order valence-electron chi connectivity index (χ1n) is 5.46. The van der Waals surface area contributed by atoms with Gasteiger partial charge in [-0.25, -0.2) is 0 Å². The van der Waals surface area contributed by atoms with Crippen LogP contribution in [0.25, 0.3) is 0 Å². The van der Waals surface area contributed by atoms with Gasteiger partial charge < -0.3 is 15.8 Å². The maximum absolute atomic E-state index is 5.77. The van der Waals surface area contributed by atoms with Crippen LogP contribution in [0.2, 0.25) is 0 Å². The molecule has 0 bridgehead atoms. The summed E-state index contributed by atoms with van der Waals surface area (Å²) in [6, 6.07) is 13.6. The van der Waals surface area contributed by atoms with E-state index in [0.29, 0.717) is 0 Å². The number of aryl methyl sites for hydroxylation is 1. The number of nitrogen functional groups attached to an aromatic ring is 1. The smallest absolute Gasteiger partial charge is 0.119 e. The third kappa shape index (κ3) is 2.69. The van der Waals surface area contributed by atoms with Crippen LogP contribution in [0, 0.1) is 6.92 Å². The molecule has 0 aliphatic rings. The zero-order valence-electron chi connectivity index (χ0n) is 10.0. The highest BCUT2D eigenvalue weighted by molar-refractivity contribution is 5.67. The molecule has 0 radical (unpaired) electrons. The van der Waals surface area contributed by atoms with Crippen LogP contribution in [0.4, 0.5) is 17.1 Å². The fraction of sp³-hybridized carbons (Fsp3) is 0.143. The number of methoxy groups -OCH3 is 1. The van der Waals surface area contributed by atoms with Gasteiger partial charge in [-0.05, 0) is 48.9 Å². The second kappa shape index (κ2) is 4.78. The molecular weight excluding hydrogens is 212 g/mol. The second-order valence-corrected chi connectivity index (χ2v) is 3.93. The topological polar surface area (TPSA) is 47.3 Å². The fourth-order valence-electron chi connectivity index (χ4n) is 1.60. The van der Waals surface area contributed by atoms with Crippen LogP contribution in [0.3, 0.4) is 0 Å². The molecule has 0 aromatic heterocycles. The highest BCUT2D eigenvalue weighted by Gasteiger charge is 2.00. The van der Waals surface area contributed by atoms with Gasteiger partial charge in [0, 0.05) is 17.1 Å². The van der Waals surface area contributed by atoms with Crippen LogP contribution in [-0.2, 0) is 0 Å². The molecular formula is C14H16N2O. The molecule has 0 saturated carbocycles. The lowest BCUT2D eigenvalue weighted by molar-refractivity contribution is 0.415. The molecule has 3 nitrogen and oxygen atoms in total. The first-order valence-corrected chi connectivity index (χ1v) is 5.46. The molecule has 0 atom stereocenters. The normalized spacial score (nSPS) is 10.0. The summed E-state index contributed by atoms with van der Waals surface area (Å²) in [6.45, 7) is 2.05. The van der Waals surface area contributed by atoms with Gasteiger partial charge in [-0.1, -0.05) is 6.07 Å². The summed E-state index contributed by atoms with van der Waals surface area (Å²) in [4.78, 5) is 0. The van der Waals surface area contributed by atoms with Crippen LogP contribution in [0.15, 0.2) is 42.5 Å².